The van der Waals surface area contributed by atoms with Crippen molar-refractivity contribution >= 4 is 17.1 Å². The van der Waals surface area contributed by atoms with Crippen molar-refractivity contribution in [2.75, 3.05) is 0 Å². The first-order valence-corrected chi connectivity index (χ1v) is 3.42. The molecule has 1 aromatic carbocycles. The first kappa shape index (κ1) is 10.5. The molecule has 1 rings (SSSR count). The lowest BCUT2D eigenvalue weighted by molar-refractivity contribution is -0.403. The number of nitro benzene ring substituents is 3. The lowest BCUT2D eigenvalue weighted by Gasteiger charge is -1.93. The Labute approximate surface area is 81.4 Å². The van der Waals surface area contributed by atoms with E-state index in [1.807, 2.05) is 6.07 Å². The summed E-state index contributed by atoms with van der Waals surface area (Å²) in [6.07, 6.45) is 0. The van der Waals surface area contributed by atoms with E-state index in [1.54, 1.807) is 0 Å². The van der Waals surface area contributed by atoms with Crippen LogP contribution < -0.4 is 0 Å². The van der Waals surface area contributed by atoms with E-state index in [0.717, 1.165) is 0 Å². The molecule has 0 bridgehead atoms. The minimum atomic E-state index is -0.986. The fraction of sp³-hybridized carbons (Fsp3) is 0. The zero-order valence-corrected chi connectivity index (χ0v) is 6.95. The molecule has 0 amide bonds. The van der Waals surface area contributed by atoms with Crippen molar-refractivity contribution in [3.63, 3.8) is 0 Å². The molecule has 0 aliphatic carbocycles. The third kappa shape index (κ3) is 2.21. The van der Waals surface area contributed by atoms with E-state index in [2.05, 4.69) is 0 Å². The van der Waals surface area contributed by atoms with E-state index in [1.165, 1.54) is 0 Å². The Morgan fingerprint density at radius 2 is 1.27 bits per heavy atom. The predicted octanol–water partition coefficient (Wildman–Crippen LogP) is 1.21. The summed E-state index contributed by atoms with van der Waals surface area (Å²) in [7, 11) is 0. The van der Waals surface area contributed by atoms with E-state index < -0.39 is 31.8 Å². The SMILES string of the molecule is O=[N+]([O-])c1[c]c([N+](=O)[O-])cc([N+](=O)[O-])c1. The van der Waals surface area contributed by atoms with Gasteiger partial charge in [0.2, 0.25) is 0 Å². The number of hydrogen-bond donors (Lipinski definition) is 0. The molecule has 0 spiro atoms. The maximum absolute atomic E-state index is 10.3. The molecule has 0 aromatic heterocycles. The number of rotatable bonds is 3. The van der Waals surface area contributed by atoms with Crippen molar-refractivity contribution in [2.45, 2.75) is 0 Å². The van der Waals surface area contributed by atoms with Gasteiger partial charge in [0.1, 0.15) is 0 Å². The topological polar surface area (TPSA) is 129 Å². The largest absolute Gasteiger partial charge is 0.291 e. The Bertz CT molecular complexity index is 377. The van der Waals surface area contributed by atoms with Crippen LogP contribution in [0.3, 0.4) is 0 Å². The molecule has 9 nitrogen and oxygen atoms in total. The fourth-order valence-corrected chi connectivity index (χ4v) is 0.827. The number of nitrogens with zero attached hydrogens (tertiary/aromatic N) is 3. The Hall–Kier alpha value is -2.58. The lowest BCUT2D eigenvalue weighted by atomic mass is 10.2. The molecule has 0 saturated heterocycles. The lowest BCUT2D eigenvalue weighted by Crippen LogP contribution is -1.96. The summed E-state index contributed by atoms with van der Waals surface area (Å²) in [5, 5.41) is 30.9. The minimum Gasteiger partial charge on any atom is -0.258 e. The molecule has 0 aliphatic heterocycles. The van der Waals surface area contributed by atoms with Crippen LogP contribution in [0.2, 0.25) is 0 Å². The van der Waals surface area contributed by atoms with Gasteiger partial charge in [-0.15, -0.1) is 0 Å². The van der Waals surface area contributed by atoms with E-state index in [4.69, 9.17) is 0 Å². The van der Waals surface area contributed by atoms with Crippen LogP contribution in [0.15, 0.2) is 12.1 Å². The normalized spacial score (nSPS) is 9.60. The van der Waals surface area contributed by atoms with Crippen LogP contribution in [0, 0.1) is 36.4 Å². The van der Waals surface area contributed by atoms with Gasteiger partial charge in [-0.25, -0.2) is 0 Å². The molecule has 0 aliphatic rings. The highest BCUT2D eigenvalue weighted by Crippen LogP contribution is 2.26. The van der Waals surface area contributed by atoms with Gasteiger partial charge in [-0.3, -0.25) is 30.3 Å². The Morgan fingerprint density at radius 1 is 0.867 bits per heavy atom. The molecular formula is C6H2N3O6. The molecule has 15 heavy (non-hydrogen) atoms. The molecule has 0 saturated carbocycles. The van der Waals surface area contributed by atoms with Crippen LogP contribution in [0.5, 0.6) is 0 Å². The molecule has 1 aromatic rings. The average Bonchev–Trinajstić information content (AvgIpc) is 2.16. The second kappa shape index (κ2) is 3.65. The fourth-order valence-electron chi connectivity index (χ4n) is 0.827. The summed E-state index contributed by atoms with van der Waals surface area (Å²) in [5.74, 6) is 0. The van der Waals surface area contributed by atoms with Gasteiger partial charge in [0.05, 0.1) is 26.9 Å². The summed E-state index contributed by atoms with van der Waals surface area (Å²) in [4.78, 5) is 27.9. The van der Waals surface area contributed by atoms with Crippen molar-refractivity contribution in [3.8, 4) is 0 Å². The summed E-state index contributed by atoms with van der Waals surface area (Å²) < 4.78 is 0. The summed E-state index contributed by atoms with van der Waals surface area (Å²) in [6.45, 7) is 0. The second-order valence-corrected chi connectivity index (χ2v) is 2.38. The highest BCUT2D eigenvalue weighted by atomic mass is 16.6. The van der Waals surface area contributed by atoms with Gasteiger partial charge in [-0.2, -0.15) is 0 Å². The van der Waals surface area contributed by atoms with E-state index in [0.29, 0.717) is 12.1 Å². The van der Waals surface area contributed by atoms with Crippen molar-refractivity contribution in [1.82, 2.24) is 0 Å². The monoisotopic (exact) mass is 212 g/mol. The van der Waals surface area contributed by atoms with Crippen molar-refractivity contribution in [2.24, 2.45) is 0 Å². The maximum atomic E-state index is 10.3. The summed E-state index contributed by atoms with van der Waals surface area (Å²) >= 11 is 0. The predicted molar refractivity (Wildman–Crippen MR) is 45.2 cm³/mol. The first-order chi connectivity index (χ1) is 6.91. The zero-order valence-electron chi connectivity index (χ0n) is 6.95. The van der Waals surface area contributed by atoms with Gasteiger partial charge in [0.25, 0.3) is 17.1 Å². The van der Waals surface area contributed by atoms with E-state index in [9.17, 15) is 30.3 Å². The highest BCUT2D eigenvalue weighted by molar-refractivity contribution is 5.51. The Kier molecular flexibility index (Phi) is 2.56. The van der Waals surface area contributed by atoms with Crippen molar-refractivity contribution in [1.29, 1.82) is 0 Å². The number of nitro groups is 3. The molecule has 0 fully saturated rings. The first-order valence-electron chi connectivity index (χ1n) is 3.42. The zero-order chi connectivity index (χ0) is 11.6. The third-order valence-electron chi connectivity index (χ3n) is 1.43. The molecule has 0 N–H and O–H groups in total. The third-order valence-corrected chi connectivity index (χ3v) is 1.43. The summed E-state index contributed by atoms with van der Waals surface area (Å²) in [5.41, 5.74) is -2.33. The quantitative estimate of drug-likeness (QED) is 0.546. The molecule has 0 heterocycles. The van der Waals surface area contributed by atoms with E-state index >= 15 is 0 Å². The van der Waals surface area contributed by atoms with Crippen LogP contribution >= 0.6 is 0 Å². The molecule has 0 atom stereocenters. The number of non-ortho nitro benzene ring substituents is 3. The molecular weight excluding hydrogens is 210 g/mol. The smallest absolute Gasteiger partial charge is 0.258 e. The summed E-state index contributed by atoms with van der Waals surface area (Å²) in [6, 6.07) is 3.04. The van der Waals surface area contributed by atoms with Crippen LogP contribution in [0.4, 0.5) is 17.1 Å². The Balaban J connectivity index is 3.39. The van der Waals surface area contributed by atoms with Crippen molar-refractivity contribution < 1.29 is 14.8 Å². The van der Waals surface area contributed by atoms with Crippen LogP contribution in [0.25, 0.3) is 0 Å². The van der Waals surface area contributed by atoms with Crippen molar-refractivity contribution in [3.05, 3.63) is 48.5 Å². The number of hydrogen-bond acceptors (Lipinski definition) is 6. The molecule has 9 heteroatoms. The van der Waals surface area contributed by atoms with E-state index in [-0.39, 0.29) is 0 Å². The average molecular weight is 212 g/mol. The number of benzene rings is 1. The maximum Gasteiger partial charge on any atom is 0.291 e. The highest BCUT2D eigenvalue weighted by Gasteiger charge is 2.22. The van der Waals surface area contributed by atoms with Gasteiger partial charge < -0.3 is 0 Å². The van der Waals surface area contributed by atoms with Gasteiger partial charge >= 0.3 is 0 Å². The minimum absolute atomic E-state index is 0.604. The van der Waals surface area contributed by atoms with Gasteiger partial charge in [-0.1, -0.05) is 0 Å². The van der Waals surface area contributed by atoms with Gasteiger partial charge in [0, 0.05) is 0 Å². The molecule has 0 unspecified atom stereocenters. The van der Waals surface area contributed by atoms with Crippen LogP contribution in [-0.2, 0) is 0 Å². The second-order valence-electron chi connectivity index (χ2n) is 2.38. The Morgan fingerprint density at radius 3 is 1.53 bits per heavy atom. The molecule has 1 radical (unpaired) electrons. The van der Waals surface area contributed by atoms with Crippen LogP contribution in [-0.4, -0.2) is 14.8 Å². The van der Waals surface area contributed by atoms with Gasteiger partial charge in [0.15, 0.2) is 6.07 Å². The van der Waals surface area contributed by atoms with Gasteiger partial charge in [-0.05, 0) is 0 Å². The standard InChI is InChI=1S/C6H2N3O6/c10-7(11)4-1-5(8(12)13)3-6(2-4)9(14)15/h1-2H. The van der Waals surface area contributed by atoms with Crippen LogP contribution in [0.1, 0.15) is 0 Å². The molecule has 77 valence electrons.